The van der Waals surface area contributed by atoms with E-state index in [2.05, 4.69) is 22.6 Å². The van der Waals surface area contributed by atoms with E-state index < -0.39 is 0 Å². The minimum Gasteiger partial charge on any atom is -0.344 e. The van der Waals surface area contributed by atoms with E-state index in [1.54, 1.807) is 11.3 Å². The second kappa shape index (κ2) is 9.34. The topological polar surface area (TPSA) is 70.7 Å². The Balaban J connectivity index is 1.68. The van der Waals surface area contributed by atoms with Gasteiger partial charge in [0.1, 0.15) is 0 Å². The maximum atomic E-state index is 12.7. The highest BCUT2D eigenvalue weighted by Gasteiger charge is 2.19. The van der Waals surface area contributed by atoms with E-state index >= 15 is 0 Å². The molecule has 1 atom stereocenters. The highest BCUT2D eigenvalue weighted by atomic mass is 32.1. The van der Waals surface area contributed by atoms with Crippen molar-refractivity contribution in [1.82, 2.24) is 15.1 Å². The van der Waals surface area contributed by atoms with Crippen molar-refractivity contribution in [3.63, 3.8) is 0 Å². The van der Waals surface area contributed by atoms with Crippen molar-refractivity contribution in [1.29, 1.82) is 5.26 Å². The minimum absolute atomic E-state index is 0.0193. The molecule has 3 rings (SSSR count). The van der Waals surface area contributed by atoms with Gasteiger partial charge in [-0.25, -0.2) is 0 Å². The molecular weight excluding hydrogens is 368 g/mol. The normalized spacial score (nSPS) is 11.8. The van der Waals surface area contributed by atoms with Crippen LogP contribution < -0.4 is 5.32 Å². The lowest BCUT2D eigenvalue weighted by atomic mass is 10.0. The Bertz CT molecular complexity index is 955. The molecule has 0 aliphatic carbocycles. The SMILES string of the molecule is Cc1nn(CCC#N)c(C)c1CCC(=O)N[C@H](c1ccccc1)c1cccs1. The van der Waals surface area contributed by atoms with Crippen LogP contribution in [0.3, 0.4) is 0 Å². The van der Waals surface area contributed by atoms with Crippen LogP contribution in [0.1, 0.15) is 46.3 Å². The molecule has 0 saturated carbocycles. The van der Waals surface area contributed by atoms with E-state index in [-0.39, 0.29) is 11.9 Å². The number of hydrogen-bond donors (Lipinski definition) is 1. The Labute approximate surface area is 169 Å². The summed E-state index contributed by atoms with van der Waals surface area (Å²) in [5.74, 6) is 0.0193. The zero-order valence-corrected chi connectivity index (χ0v) is 17.0. The lowest BCUT2D eigenvalue weighted by Crippen LogP contribution is -2.29. The van der Waals surface area contributed by atoms with E-state index in [9.17, 15) is 4.79 Å². The summed E-state index contributed by atoms with van der Waals surface area (Å²) in [4.78, 5) is 13.8. The predicted molar refractivity (Wildman–Crippen MR) is 111 cm³/mol. The molecule has 0 spiro atoms. The fourth-order valence-corrected chi connectivity index (χ4v) is 4.16. The van der Waals surface area contributed by atoms with Gasteiger partial charge in [-0.15, -0.1) is 11.3 Å². The maximum absolute atomic E-state index is 12.7. The summed E-state index contributed by atoms with van der Waals surface area (Å²) in [6.45, 7) is 4.55. The van der Waals surface area contributed by atoms with Gasteiger partial charge in [-0.1, -0.05) is 36.4 Å². The third-order valence-corrected chi connectivity index (χ3v) is 5.77. The number of carbonyl (C=O) groups excluding carboxylic acids is 1. The first kappa shape index (κ1) is 19.8. The monoisotopic (exact) mass is 392 g/mol. The Morgan fingerprint density at radius 1 is 1.25 bits per heavy atom. The zero-order chi connectivity index (χ0) is 19.9. The second-order valence-electron chi connectivity index (χ2n) is 6.71. The van der Waals surface area contributed by atoms with Crippen molar-refractivity contribution in [3.05, 3.63) is 75.2 Å². The van der Waals surface area contributed by atoms with Crippen molar-refractivity contribution in [3.8, 4) is 6.07 Å². The molecule has 1 amide bonds. The Hall–Kier alpha value is -2.91. The standard InChI is InChI=1S/C22H24N4OS/c1-16-19(17(2)26(25-16)14-7-13-23)11-12-21(27)24-22(20-10-6-15-28-20)18-8-4-3-5-9-18/h3-6,8-10,15,22H,7,11-12,14H2,1-2H3,(H,24,27)/t22-/m1/s1. The van der Waals surface area contributed by atoms with E-state index in [0.29, 0.717) is 25.8 Å². The zero-order valence-electron chi connectivity index (χ0n) is 16.2. The molecule has 0 radical (unpaired) electrons. The van der Waals surface area contributed by atoms with Crippen molar-refractivity contribution in [2.24, 2.45) is 0 Å². The van der Waals surface area contributed by atoms with Gasteiger partial charge >= 0.3 is 0 Å². The van der Waals surface area contributed by atoms with E-state index in [4.69, 9.17) is 5.26 Å². The Kier molecular flexibility index (Phi) is 6.62. The van der Waals surface area contributed by atoms with Crippen LogP contribution in [0.5, 0.6) is 0 Å². The number of nitriles is 1. The fourth-order valence-electron chi connectivity index (χ4n) is 3.36. The number of aromatic nitrogens is 2. The molecule has 1 N–H and O–H groups in total. The molecule has 0 bridgehead atoms. The summed E-state index contributed by atoms with van der Waals surface area (Å²) in [6.07, 6.45) is 1.48. The number of nitrogens with one attached hydrogen (secondary N) is 1. The summed E-state index contributed by atoms with van der Waals surface area (Å²) >= 11 is 1.64. The number of aryl methyl sites for hydroxylation is 2. The van der Waals surface area contributed by atoms with Gasteiger partial charge in [-0.2, -0.15) is 10.4 Å². The van der Waals surface area contributed by atoms with Gasteiger partial charge in [-0.05, 0) is 42.8 Å². The first-order valence-corrected chi connectivity index (χ1v) is 10.3. The van der Waals surface area contributed by atoms with Crippen LogP contribution in [0.4, 0.5) is 0 Å². The maximum Gasteiger partial charge on any atom is 0.221 e. The Morgan fingerprint density at radius 3 is 2.71 bits per heavy atom. The first-order chi connectivity index (χ1) is 13.6. The highest BCUT2D eigenvalue weighted by Crippen LogP contribution is 2.26. The summed E-state index contributed by atoms with van der Waals surface area (Å²) in [7, 11) is 0. The number of thiophene rings is 1. The molecule has 2 aromatic heterocycles. The molecule has 0 aliphatic rings. The summed E-state index contributed by atoms with van der Waals surface area (Å²) in [5.41, 5.74) is 4.15. The highest BCUT2D eigenvalue weighted by molar-refractivity contribution is 7.10. The first-order valence-electron chi connectivity index (χ1n) is 9.37. The van der Waals surface area contributed by atoms with Gasteiger partial charge in [0.25, 0.3) is 0 Å². The second-order valence-corrected chi connectivity index (χ2v) is 7.69. The van der Waals surface area contributed by atoms with Crippen LogP contribution in [-0.2, 0) is 17.8 Å². The van der Waals surface area contributed by atoms with Gasteiger partial charge in [0.2, 0.25) is 5.91 Å². The van der Waals surface area contributed by atoms with Crippen LogP contribution in [0.2, 0.25) is 0 Å². The lowest BCUT2D eigenvalue weighted by Gasteiger charge is -2.18. The molecule has 0 fully saturated rings. The quantitative estimate of drug-likeness (QED) is 0.621. The van der Waals surface area contributed by atoms with E-state index in [1.807, 2.05) is 60.3 Å². The van der Waals surface area contributed by atoms with Crippen LogP contribution in [0.25, 0.3) is 0 Å². The average Bonchev–Trinajstić information content (AvgIpc) is 3.32. The molecular formula is C22H24N4OS. The van der Waals surface area contributed by atoms with Gasteiger partial charge < -0.3 is 5.32 Å². The number of carbonyl (C=O) groups is 1. The van der Waals surface area contributed by atoms with Gasteiger partial charge in [0.15, 0.2) is 0 Å². The van der Waals surface area contributed by atoms with Crippen LogP contribution in [0.15, 0.2) is 47.8 Å². The number of hydrogen-bond acceptors (Lipinski definition) is 4. The molecule has 3 aromatic rings. The fraction of sp³-hybridized carbons (Fsp3) is 0.318. The van der Waals surface area contributed by atoms with Gasteiger partial charge in [0.05, 0.1) is 30.8 Å². The molecule has 144 valence electrons. The van der Waals surface area contributed by atoms with Gasteiger partial charge in [-0.3, -0.25) is 9.48 Å². The van der Waals surface area contributed by atoms with Crippen molar-refractivity contribution in [2.45, 2.75) is 45.7 Å². The number of rotatable bonds is 8. The lowest BCUT2D eigenvalue weighted by molar-refractivity contribution is -0.121. The third kappa shape index (κ3) is 4.68. The molecule has 6 heteroatoms. The van der Waals surface area contributed by atoms with Crippen molar-refractivity contribution >= 4 is 17.2 Å². The summed E-state index contributed by atoms with van der Waals surface area (Å²) in [6, 6.07) is 16.1. The van der Waals surface area contributed by atoms with Crippen LogP contribution >= 0.6 is 11.3 Å². The number of benzene rings is 1. The van der Waals surface area contributed by atoms with E-state index in [1.165, 1.54) is 0 Å². The molecule has 0 aliphatic heterocycles. The molecule has 2 heterocycles. The largest absolute Gasteiger partial charge is 0.344 e. The predicted octanol–water partition coefficient (Wildman–Crippen LogP) is 4.31. The van der Waals surface area contributed by atoms with Crippen molar-refractivity contribution in [2.75, 3.05) is 0 Å². The molecule has 0 unspecified atom stereocenters. The average molecular weight is 393 g/mol. The number of amides is 1. The van der Waals surface area contributed by atoms with Crippen LogP contribution in [0, 0.1) is 25.2 Å². The minimum atomic E-state index is -0.130. The molecule has 0 saturated heterocycles. The summed E-state index contributed by atoms with van der Waals surface area (Å²) < 4.78 is 1.87. The van der Waals surface area contributed by atoms with E-state index in [0.717, 1.165) is 27.4 Å². The smallest absolute Gasteiger partial charge is 0.221 e. The molecule has 28 heavy (non-hydrogen) atoms. The van der Waals surface area contributed by atoms with Crippen LogP contribution in [-0.4, -0.2) is 15.7 Å². The number of nitrogens with zero attached hydrogens (tertiary/aromatic N) is 3. The third-order valence-electron chi connectivity index (χ3n) is 4.83. The molecule has 5 nitrogen and oxygen atoms in total. The van der Waals surface area contributed by atoms with Crippen molar-refractivity contribution < 1.29 is 4.79 Å². The Morgan fingerprint density at radius 2 is 2.04 bits per heavy atom. The van der Waals surface area contributed by atoms with Gasteiger partial charge in [0, 0.05) is 17.0 Å². The molecule has 1 aromatic carbocycles. The summed E-state index contributed by atoms with van der Waals surface area (Å²) in [5, 5.41) is 18.5.